The van der Waals surface area contributed by atoms with Gasteiger partial charge in [0.2, 0.25) is 0 Å². The molecule has 0 bridgehead atoms. The van der Waals surface area contributed by atoms with Crippen LogP contribution in [0.3, 0.4) is 0 Å². The zero-order chi connectivity index (χ0) is 15.2. The smallest absolute Gasteiger partial charge is 0.142 e. The number of fused-ring (bicyclic) bond motifs is 1. The van der Waals surface area contributed by atoms with Gasteiger partial charge in [-0.3, -0.25) is 0 Å². The van der Waals surface area contributed by atoms with Crippen molar-refractivity contribution in [2.75, 3.05) is 0 Å². The number of aromatic hydroxyl groups is 1. The second-order valence-corrected chi connectivity index (χ2v) is 5.39. The second-order valence-electron chi connectivity index (χ2n) is 5.39. The summed E-state index contributed by atoms with van der Waals surface area (Å²) in [6, 6.07) is 9.70. The van der Waals surface area contributed by atoms with E-state index in [4.69, 9.17) is 4.74 Å². The van der Waals surface area contributed by atoms with Gasteiger partial charge in [0.1, 0.15) is 17.1 Å². The Morgan fingerprint density at radius 1 is 1.24 bits per heavy atom. The van der Waals surface area contributed by atoms with Crippen molar-refractivity contribution in [2.24, 2.45) is 0 Å². The Morgan fingerprint density at radius 2 is 2.00 bits per heavy atom. The van der Waals surface area contributed by atoms with Crippen molar-refractivity contribution < 1.29 is 9.84 Å². The van der Waals surface area contributed by atoms with Gasteiger partial charge in [-0.1, -0.05) is 49.5 Å². The molecule has 2 heteroatoms. The van der Waals surface area contributed by atoms with Crippen molar-refractivity contribution in [1.29, 1.82) is 0 Å². The maximum Gasteiger partial charge on any atom is 0.142 e. The molecule has 0 atom stereocenters. The predicted octanol–water partition coefficient (Wildman–Crippen LogP) is 4.87. The van der Waals surface area contributed by atoms with Gasteiger partial charge in [-0.2, -0.15) is 0 Å². The first-order valence-electron chi connectivity index (χ1n) is 7.53. The molecule has 0 amide bonds. The highest BCUT2D eigenvalue weighted by molar-refractivity contribution is 5.92. The molecule has 0 saturated carbocycles. The van der Waals surface area contributed by atoms with Crippen molar-refractivity contribution in [3.05, 3.63) is 35.9 Å². The lowest BCUT2D eigenvalue weighted by Crippen LogP contribution is -2.07. The van der Waals surface area contributed by atoms with E-state index >= 15 is 0 Å². The van der Waals surface area contributed by atoms with Crippen LogP contribution in [0.15, 0.2) is 30.3 Å². The van der Waals surface area contributed by atoms with Crippen LogP contribution in [-0.2, 0) is 0 Å². The highest BCUT2D eigenvalue weighted by atomic mass is 16.5. The Bertz CT molecular complexity index is 675. The third kappa shape index (κ3) is 3.70. The fourth-order valence-electron chi connectivity index (χ4n) is 2.19. The number of ether oxygens (including phenoxy) is 1. The molecule has 1 N–H and O–H groups in total. The number of rotatable bonds is 4. The largest absolute Gasteiger partial charge is 0.506 e. The van der Waals surface area contributed by atoms with E-state index in [1.807, 2.05) is 44.2 Å². The Kier molecular flexibility index (Phi) is 5.11. The lowest BCUT2D eigenvalue weighted by atomic mass is 10.0. The lowest BCUT2D eigenvalue weighted by Gasteiger charge is -2.14. The van der Waals surface area contributed by atoms with E-state index in [1.165, 1.54) is 0 Å². The third-order valence-corrected chi connectivity index (χ3v) is 3.22. The summed E-state index contributed by atoms with van der Waals surface area (Å²) in [6.45, 7) is 6.09. The van der Waals surface area contributed by atoms with E-state index in [-0.39, 0.29) is 11.9 Å². The molecule has 0 radical (unpaired) electrons. The fraction of sp³-hybridized carbons (Fsp3) is 0.368. The number of phenolic OH excluding ortho intramolecular Hbond substituents is 1. The van der Waals surface area contributed by atoms with Crippen molar-refractivity contribution in [2.45, 2.75) is 46.1 Å². The van der Waals surface area contributed by atoms with Crippen molar-refractivity contribution >= 4 is 10.8 Å². The Hall–Kier alpha value is -2.14. The summed E-state index contributed by atoms with van der Waals surface area (Å²) in [5, 5.41) is 12.3. The minimum Gasteiger partial charge on any atom is -0.506 e. The highest BCUT2D eigenvalue weighted by Gasteiger charge is 2.13. The minimum absolute atomic E-state index is 0.0433. The Morgan fingerprint density at radius 3 is 2.71 bits per heavy atom. The van der Waals surface area contributed by atoms with Gasteiger partial charge in [0.15, 0.2) is 0 Å². The summed E-state index contributed by atoms with van der Waals surface area (Å²) in [7, 11) is 0. The summed E-state index contributed by atoms with van der Waals surface area (Å²) in [5.74, 6) is 7.09. The van der Waals surface area contributed by atoms with Crippen molar-refractivity contribution in [1.82, 2.24) is 0 Å². The standard InChI is InChI=1S/C19H22O2/c1-4-5-6-7-12-17-18(21-14(2)3)13-15-10-8-9-11-16(15)19(17)20/h8-11,13-14,20H,4-6H2,1-3H3. The van der Waals surface area contributed by atoms with Crippen LogP contribution in [0.1, 0.15) is 45.6 Å². The van der Waals surface area contributed by atoms with E-state index in [1.54, 1.807) is 0 Å². The van der Waals surface area contributed by atoms with Gasteiger partial charge >= 0.3 is 0 Å². The number of hydrogen-bond donors (Lipinski definition) is 1. The van der Waals surface area contributed by atoms with Crippen LogP contribution in [-0.4, -0.2) is 11.2 Å². The summed E-state index contributed by atoms with van der Waals surface area (Å²) in [6.07, 6.45) is 3.07. The first-order valence-corrected chi connectivity index (χ1v) is 7.53. The monoisotopic (exact) mass is 282 g/mol. The molecule has 0 aromatic heterocycles. The van der Waals surface area contributed by atoms with Crippen LogP contribution >= 0.6 is 0 Å². The number of phenols is 1. The average Bonchev–Trinajstić information content (AvgIpc) is 2.45. The molecule has 2 aromatic carbocycles. The van der Waals surface area contributed by atoms with Gasteiger partial charge in [0.05, 0.1) is 6.10 Å². The molecule has 0 aliphatic rings. The van der Waals surface area contributed by atoms with E-state index in [9.17, 15) is 5.11 Å². The summed E-state index contributed by atoms with van der Waals surface area (Å²) < 4.78 is 5.83. The number of benzene rings is 2. The molecule has 0 saturated heterocycles. The van der Waals surface area contributed by atoms with Gasteiger partial charge in [0.25, 0.3) is 0 Å². The first kappa shape index (κ1) is 15.3. The van der Waals surface area contributed by atoms with E-state index in [0.717, 1.165) is 30.0 Å². The van der Waals surface area contributed by atoms with Gasteiger partial charge in [-0.05, 0) is 31.7 Å². The number of unbranched alkanes of at least 4 members (excludes halogenated alkanes) is 2. The highest BCUT2D eigenvalue weighted by Crippen LogP contribution is 2.36. The molecule has 110 valence electrons. The second kappa shape index (κ2) is 7.04. The molecule has 2 rings (SSSR count). The molecular formula is C19H22O2. The molecule has 0 aliphatic carbocycles. The molecule has 0 heterocycles. The molecule has 0 spiro atoms. The first-order chi connectivity index (χ1) is 10.1. The summed E-state index contributed by atoms with van der Waals surface area (Å²) in [5.41, 5.74) is 0.596. The normalized spacial score (nSPS) is 10.5. The average molecular weight is 282 g/mol. The minimum atomic E-state index is 0.0433. The molecule has 21 heavy (non-hydrogen) atoms. The third-order valence-electron chi connectivity index (χ3n) is 3.22. The van der Waals surface area contributed by atoms with Crippen molar-refractivity contribution in [3.8, 4) is 23.3 Å². The van der Waals surface area contributed by atoms with Gasteiger partial charge in [-0.15, -0.1) is 0 Å². The van der Waals surface area contributed by atoms with Gasteiger partial charge < -0.3 is 9.84 Å². The molecule has 0 unspecified atom stereocenters. The van der Waals surface area contributed by atoms with Crippen LogP contribution in [0.5, 0.6) is 11.5 Å². The lowest BCUT2D eigenvalue weighted by molar-refractivity contribution is 0.241. The zero-order valence-electron chi connectivity index (χ0n) is 12.9. The van der Waals surface area contributed by atoms with Crippen molar-refractivity contribution in [3.63, 3.8) is 0 Å². The Balaban J connectivity index is 2.51. The zero-order valence-corrected chi connectivity index (χ0v) is 12.9. The quantitative estimate of drug-likeness (QED) is 0.640. The fourth-order valence-corrected chi connectivity index (χ4v) is 2.19. The van der Waals surface area contributed by atoms with Crippen LogP contribution in [0.4, 0.5) is 0 Å². The van der Waals surface area contributed by atoms with Crippen LogP contribution in [0.25, 0.3) is 10.8 Å². The van der Waals surface area contributed by atoms with Gasteiger partial charge in [0, 0.05) is 11.8 Å². The van der Waals surface area contributed by atoms with Crippen LogP contribution in [0, 0.1) is 11.8 Å². The summed E-state index contributed by atoms with van der Waals surface area (Å²) >= 11 is 0. The van der Waals surface area contributed by atoms with E-state index in [0.29, 0.717) is 11.3 Å². The SMILES string of the molecule is CCCCC#Cc1c(OC(C)C)cc2ccccc2c1O. The van der Waals surface area contributed by atoms with E-state index < -0.39 is 0 Å². The maximum atomic E-state index is 10.5. The van der Waals surface area contributed by atoms with Crippen LogP contribution in [0.2, 0.25) is 0 Å². The maximum absolute atomic E-state index is 10.5. The van der Waals surface area contributed by atoms with Crippen LogP contribution < -0.4 is 4.74 Å². The molecule has 0 aliphatic heterocycles. The van der Waals surface area contributed by atoms with Gasteiger partial charge in [-0.25, -0.2) is 0 Å². The topological polar surface area (TPSA) is 29.5 Å². The molecule has 2 nitrogen and oxygen atoms in total. The summed E-state index contributed by atoms with van der Waals surface area (Å²) in [4.78, 5) is 0. The van der Waals surface area contributed by atoms with E-state index in [2.05, 4.69) is 18.8 Å². The molecule has 0 fully saturated rings. The predicted molar refractivity (Wildman–Crippen MR) is 87.8 cm³/mol. The molecular weight excluding hydrogens is 260 g/mol. The Labute approximate surface area is 126 Å². The number of hydrogen-bond acceptors (Lipinski definition) is 2. The molecule has 2 aromatic rings.